The molecule has 1 heterocycles. The van der Waals surface area contributed by atoms with E-state index >= 15 is 0 Å². The van der Waals surface area contributed by atoms with Gasteiger partial charge in [0.25, 0.3) is 0 Å². The lowest BCUT2D eigenvalue weighted by molar-refractivity contribution is -0.141. The standard InChI is InChI=1S/C15H30O3Si2/c1-9-13(17-14(16)12(2)3)20(8)11-10-15(4,5)18-19(20,6)7/h13H,2,9-11H2,1,3-8H3. The smallest absolute Gasteiger partial charge is 0.333 e. The van der Waals surface area contributed by atoms with Gasteiger partial charge in [-0.3, -0.25) is 0 Å². The Hall–Kier alpha value is -0.396. The summed E-state index contributed by atoms with van der Waals surface area (Å²) in [5.41, 5.74) is 0.501. The lowest BCUT2D eigenvalue weighted by atomic mass is 10.1. The average molecular weight is 315 g/mol. The van der Waals surface area contributed by atoms with E-state index in [1.807, 2.05) is 0 Å². The quantitative estimate of drug-likeness (QED) is 0.447. The fourth-order valence-electron chi connectivity index (χ4n) is 3.16. The predicted molar refractivity (Wildman–Crippen MR) is 88.7 cm³/mol. The van der Waals surface area contributed by atoms with E-state index in [9.17, 15) is 4.79 Å². The van der Waals surface area contributed by atoms with E-state index in [0.717, 1.165) is 12.8 Å². The van der Waals surface area contributed by atoms with Crippen molar-refractivity contribution in [1.29, 1.82) is 0 Å². The summed E-state index contributed by atoms with van der Waals surface area (Å²) in [6.07, 6.45) is 1.94. The van der Waals surface area contributed by atoms with Crippen LogP contribution in [0.5, 0.6) is 0 Å². The van der Waals surface area contributed by atoms with Crippen LogP contribution in [0.2, 0.25) is 25.7 Å². The predicted octanol–water partition coefficient (Wildman–Crippen LogP) is 3.98. The Labute approximate surface area is 125 Å². The zero-order valence-electron chi connectivity index (χ0n) is 14.1. The summed E-state index contributed by atoms with van der Waals surface area (Å²) in [5, 5.41) is 0. The van der Waals surface area contributed by atoms with Gasteiger partial charge in [0.1, 0.15) is 7.59 Å². The first-order valence-corrected chi connectivity index (χ1v) is 14.2. The van der Waals surface area contributed by atoms with Crippen LogP contribution in [0.4, 0.5) is 0 Å². The highest BCUT2D eigenvalue weighted by Gasteiger charge is 2.58. The summed E-state index contributed by atoms with van der Waals surface area (Å²) in [7, 11) is -3.59. The van der Waals surface area contributed by atoms with Crippen molar-refractivity contribution in [2.75, 3.05) is 0 Å². The average Bonchev–Trinajstić information content (AvgIpc) is 2.29. The Balaban J connectivity index is 3.00. The summed E-state index contributed by atoms with van der Waals surface area (Å²) >= 11 is 0. The van der Waals surface area contributed by atoms with E-state index in [0.29, 0.717) is 5.57 Å². The monoisotopic (exact) mass is 314 g/mol. The number of carbonyl (C=O) groups excluding carboxylic acids is 1. The summed E-state index contributed by atoms with van der Waals surface area (Å²) in [6.45, 7) is 18.8. The van der Waals surface area contributed by atoms with E-state index in [1.165, 1.54) is 6.04 Å². The first-order valence-electron chi connectivity index (χ1n) is 7.52. The molecule has 0 saturated carbocycles. The zero-order chi connectivity index (χ0) is 15.8. The highest BCUT2D eigenvalue weighted by Crippen LogP contribution is 2.42. The fourth-order valence-corrected chi connectivity index (χ4v) is 15.8. The number of hydrogen-bond donors (Lipinski definition) is 0. The van der Waals surface area contributed by atoms with Gasteiger partial charge in [0.15, 0.2) is 7.83 Å². The van der Waals surface area contributed by atoms with Gasteiger partial charge in [-0.2, -0.15) is 0 Å². The SMILES string of the molecule is C=C(C)C(=O)OC(CC)[Si]1(C)CCC(C)(C)O[Si]1(C)C. The number of rotatable bonds is 4. The third kappa shape index (κ3) is 3.43. The molecule has 2 atom stereocenters. The molecule has 3 nitrogen and oxygen atoms in total. The zero-order valence-corrected chi connectivity index (χ0v) is 16.1. The highest BCUT2D eigenvalue weighted by molar-refractivity contribution is 7.39. The van der Waals surface area contributed by atoms with Crippen LogP contribution in [0.3, 0.4) is 0 Å². The molecule has 0 aromatic carbocycles. The Morgan fingerprint density at radius 2 is 1.95 bits per heavy atom. The van der Waals surface area contributed by atoms with Crippen LogP contribution in [0.1, 0.15) is 40.5 Å². The molecule has 20 heavy (non-hydrogen) atoms. The van der Waals surface area contributed by atoms with Gasteiger partial charge < -0.3 is 9.16 Å². The molecule has 1 aliphatic rings. The van der Waals surface area contributed by atoms with Crippen LogP contribution >= 0.6 is 0 Å². The first kappa shape index (κ1) is 17.7. The van der Waals surface area contributed by atoms with Gasteiger partial charge in [0.2, 0.25) is 0 Å². The largest absolute Gasteiger partial charge is 0.463 e. The van der Waals surface area contributed by atoms with E-state index < -0.39 is 15.4 Å². The number of carbonyl (C=O) groups is 1. The van der Waals surface area contributed by atoms with Gasteiger partial charge in [-0.05, 0) is 46.7 Å². The molecule has 1 fully saturated rings. The van der Waals surface area contributed by atoms with Crippen molar-refractivity contribution in [2.45, 2.75) is 77.6 Å². The third-order valence-corrected chi connectivity index (χ3v) is 22.2. The van der Waals surface area contributed by atoms with Crippen LogP contribution < -0.4 is 0 Å². The van der Waals surface area contributed by atoms with E-state index in [1.54, 1.807) is 6.92 Å². The number of ether oxygens (including phenoxy) is 1. The summed E-state index contributed by atoms with van der Waals surface area (Å²) < 4.78 is 12.3. The number of esters is 1. The number of hydrogen-bond acceptors (Lipinski definition) is 3. The highest BCUT2D eigenvalue weighted by atomic mass is 29.3. The summed E-state index contributed by atoms with van der Waals surface area (Å²) in [5.74, 6) is -0.250. The van der Waals surface area contributed by atoms with Crippen LogP contribution in [0, 0.1) is 0 Å². The van der Waals surface area contributed by atoms with Crippen LogP contribution in [-0.2, 0) is 14.0 Å². The molecule has 0 radical (unpaired) electrons. The molecule has 116 valence electrons. The van der Waals surface area contributed by atoms with Crippen LogP contribution in [0.25, 0.3) is 0 Å². The molecule has 2 unspecified atom stereocenters. The lowest BCUT2D eigenvalue weighted by Gasteiger charge is -2.53. The molecule has 0 amide bonds. The lowest BCUT2D eigenvalue weighted by Crippen LogP contribution is -2.71. The van der Waals surface area contributed by atoms with E-state index in [2.05, 4.69) is 47.0 Å². The summed E-state index contributed by atoms with van der Waals surface area (Å²) in [6, 6.07) is 1.18. The maximum atomic E-state index is 11.9. The van der Waals surface area contributed by atoms with Crippen molar-refractivity contribution in [3.8, 4) is 0 Å². The van der Waals surface area contributed by atoms with Gasteiger partial charge in [-0.1, -0.05) is 26.1 Å². The first-order chi connectivity index (χ1) is 8.95. The minimum absolute atomic E-state index is 0.0289. The molecule has 0 aliphatic carbocycles. The maximum absolute atomic E-state index is 11.9. The molecular weight excluding hydrogens is 284 g/mol. The second kappa shape index (κ2) is 5.77. The Morgan fingerprint density at radius 1 is 1.40 bits per heavy atom. The van der Waals surface area contributed by atoms with Crippen LogP contribution in [0.15, 0.2) is 12.2 Å². The van der Waals surface area contributed by atoms with Crippen LogP contribution in [-0.4, -0.2) is 32.7 Å². The molecule has 1 aliphatic heterocycles. The third-order valence-electron chi connectivity index (χ3n) is 4.83. The Morgan fingerprint density at radius 3 is 2.35 bits per heavy atom. The van der Waals surface area contributed by atoms with Gasteiger partial charge in [-0.15, -0.1) is 0 Å². The van der Waals surface area contributed by atoms with Crippen molar-refractivity contribution >= 4 is 21.4 Å². The molecule has 0 spiro atoms. The molecule has 0 aromatic heterocycles. The second-order valence-electron chi connectivity index (χ2n) is 7.37. The van der Waals surface area contributed by atoms with Crippen molar-refractivity contribution in [3.05, 3.63) is 12.2 Å². The van der Waals surface area contributed by atoms with Crippen molar-refractivity contribution in [2.24, 2.45) is 0 Å². The van der Waals surface area contributed by atoms with E-state index in [-0.39, 0.29) is 17.3 Å². The van der Waals surface area contributed by atoms with Gasteiger partial charge in [0, 0.05) is 5.57 Å². The van der Waals surface area contributed by atoms with Crippen molar-refractivity contribution in [1.82, 2.24) is 0 Å². The minimum Gasteiger partial charge on any atom is -0.463 e. The molecule has 1 rings (SSSR count). The van der Waals surface area contributed by atoms with Crippen molar-refractivity contribution in [3.63, 3.8) is 0 Å². The Bertz CT molecular complexity index is 404. The minimum atomic E-state index is -1.83. The van der Waals surface area contributed by atoms with Gasteiger partial charge in [-0.25, -0.2) is 4.79 Å². The summed E-state index contributed by atoms with van der Waals surface area (Å²) in [4.78, 5) is 11.9. The maximum Gasteiger partial charge on any atom is 0.333 e. The molecule has 0 bridgehead atoms. The topological polar surface area (TPSA) is 35.5 Å². The molecule has 0 aromatic rings. The fraction of sp³-hybridized carbons (Fsp3) is 0.800. The van der Waals surface area contributed by atoms with E-state index in [4.69, 9.17) is 9.16 Å². The van der Waals surface area contributed by atoms with Crippen molar-refractivity contribution < 1.29 is 14.0 Å². The molecule has 0 N–H and O–H groups in total. The second-order valence-corrected chi connectivity index (χ2v) is 21.6. The molecular formula is C15H30O3Si2. The molecule has 1 saturated heterocycles. The Kier molecular flexibility index (Phi) is 5.10. The normalized spacial score (nSPS) is 29.6. The van der Waals surface area contributed by atoms with Gasteiger partial charge in [0.05, 0.1) is 11.3 Å². The molecule has 5 heteroatoms. The van der Waals surface area contributed by atoms with Gasteiger partial charge >= 0.3 is 5.97 Å².